The fourth-order valence-corrected chi connectivity index (χ4v) is 1.79. The van der Waals surface area contributed by atoms with E-state index in [1.54, 1.807) is 30.3 Å². The van der Waals surface area contributed by atoms with Gasteiger partial charge in [0.2, 0.25) is 0 Å². The molecule has 0 aliphatic rings. The van der Waals surface area contributed by atoms with Crippen molar-refractivity contribution in [3.8, 4) is 0 Å². The minimum Gasteiger partial charge on any atom is -0.289 e. The Morgan fingerprint density at radius 2 is 1.61 bits per heavy atom. The second-order valence-electron chi connectivity index (χ2n) is 3.66. The number of carbonyl (C=O) groups is 2. The van der Waals surface area contributed by atoms with Crippen LogP contribution in [0.1, 0.15) is 26.3 Å². The van der Waals surface area contributed by atoms with Crippen molar-refractivity contribution < 1.29 is 14.0 Å². The van der Waals surface area contributed by atoms with Crippen molar-refractivity contribution in [2.24, 2.45) is 0 Å². The van der Waals surface area contributed by atoms with Crippen molar-refractivity contribution in [2.75, 3.05) is 0 Å². The highest BCUT2D eigenvalue weighted by Gasteiger charge is 2.17. The Morgan fingerprint density at radius 3 is 2.22 bits per heavy atom. The van der Waals surface area contributed by atoms with E-state index in [4.69, 9.17) is 11.6 Å². The number of hydrogen-bond donors (Lipinski definition) is 0. The van der Waals surface area contributed by atoms with E-state index in [0.717, 1.165) is 12.1 Å². The summed E-state index contributed by atoms with van der Waals surface area (Å²) in [6.45, 7) is 0. The summed E-state index contributed by atoms with van der Waals surface area (Å²) in [5.41, 5.74) is 0.357. The molecule has 0 saturated heterocycles. The quantitative estimate of drug-likeness (QED) is 0.627. The molecule has 18 heavy (non-hydrogen) atoms. The maximum absolute atomic E-state index is 13.2. The minimum atomic E-state index is -0.783. The monoisotopic (exact) mass is 262 g/mol. The number of hydrogen-bond acceptors (Lipinski definition) is 2. The summed E-state index contributed by atoms with van der Waals surface area (Å²) < 4.78 is 13.2. The summed E-state index contributed by atoms with van der Waals surface area (Å²) in [4.78, 5) is 23.4. The highest BCUT2D eigenvalue weighted by molar-refractivity contribution is 6.68. The molecule has 0 bridgehead atoms. The number of benzene rings is 2. The summed E-state index contributed by atoms with van der Waals surface area (Å²) in [5.74, 6) is -1.02. The molecule has 2 rings (SSSR count). The molecule has 2 aromatic rings. The van der Waals surface area contributed by atoms with Crippen LogP contribution in [0.3, 0.4) is 0 Å². The van der Waals surface area contributed by atoms with Gasteiger partial charge in [0.25, 0.3) is 5.24 Å². The van der Waals surface area contributed by atoms with Crippen LogP contribution in [-0.4, -0.2) is 11.0 Å². The smallest absolute Gasteiger partial charge is 0.253 e. The molecule has 0 unspecified atom stereocenters. The first kappa shape index (κ1) is 12.5. The summed E-state index contributed by atoms with van der Waals surface area (Å²) >= 11 is 5.38. The molecule has 4 heteroatoms. The molecule has 2 aromatic carbocycles. The molecule has 0 aliphatic heterocycles. The van der Waals surface area contributed by atoms with Gasteiger partial charge in [-0.25, -0.2) is 4.39 Å². The third kappa shape index (κ3) is 2.46. The van der Waals surface area contributed by atoms with Crippen LogP contribution in [0.25, 0.3) is 0 Å². The minimum absolute atomic E-state index is 0.00641. The van der Waals surface area contributed by atoms with Gasteiger partial charge in [-0.3, -0.25) is 9.59 Å². The van der Waals surface area contributed by atoms with Gasteiger partial charge in [-0.15, -0.1) is 0 Å². The van der Waals surface area contributed by atoms with Crippen LogP contribution < -0.4 is 0 Å². The van der Waals surface area contributed by atoms with Crippen LogP contribution in [0.2, 0.25) is 0 Å². The zero-order valence-corrected chi connectivity index (χ0v) is 9.95. The van der Waals surface area contributed by atoms with E-state index in [1.807, 2.05) is 0 Å². The largest absolute Gasteiger partial charge is 0.289 e. The van der Waals surface area contributed by atoms with Crippen molar-refractivity contribution in [3.63, 3.8) is 0 Å². The van der Waals surface area contributed by atoms with Gasteiger partial charge in [0.1, 0.15) is 5.82 Å². The lowest BCUT2D eigenvalue weighted by atomic mass is 9.99. The molecule has 0 spiro atoms. The lowest BCUT2D eigenvalue weighted by Gasteiger charge is -2.05. The number of halogens is 2. The average Bonchev–Trinajstić information content (AvgIpc) is 2.38. The van der Waals surface area contributed by atoms with E-state index in [0.29, 0.717) is 5.56 Å². The van der Waals surface area contributed by atoms with E-state index in [2.05, 4.69) is 0 Å². The molecule has 0 N–H and O–H groups in total. The number of carbonyl (C=O) groups excluding carboxylic acids is 2. The predicted molar refractivity (Wildman–Crippen MR) is 66.5 cm³/mol. The highest BCUT2D eigenvalue weighted by atomic mass is 35.5. The second kappa shape index (κ2) is 5.10. The standard InChI is InChI=1S/C14H8ClFO2/c15-14(18)11-7-6-10(16)8-12(11)13(17)9-4-2-1-3-5-9/h1-8H. The molecule has 0 heterocycles. The molecule has 90 valence electrons. The molecule has 0 aromatic heterocycles. The highest BCUT2D eigenvalue weighted by Crippen LogP contribution is 2.18. The number of ketones is 1. The maximum Gasteiger partial charge on any atom is 0.253 e. The van der Waals surface area contributed by atoms with E-state index < -0.39 is 16.8 Å². The van der Waals surface area contributed by atoms with Crippen LogP contribution in [0, 0.1) is 5.82 Å². The predicted octanol–water partition coefficient (Wildman–Crippen LogP) is 3.44. The first-order valence-corrected chi connectivity index (χ1v) is 5.56. The Morgan fingerprint density at radius 1 is 0.944 bits per heavy atom. The lowest BCUT2D eigenvalue weighted by molar-refractivity contribution is 0.102. The Kier molecular flexibility index (Phi) is 3.53. The normalized spacial score (nSPS) is 10.1. The van der Waals surface area contributed by atoms with Gasteiger partial charge in [0, 0.05) is 16.7 Å². The SMILES string of the molecule is O=C(Cl)c1ccc(F)cc1C(=O)c1ccccc1. The fourth-order valence-electron chi connectivity index (χ4n) is 1.62. The molecule has 0 saturated carbocycles. The van der Waals surface area contributed by atoms with Gasteiger partial charge in [0.15, 0.2) is 5.78 Å². The van der Waals surface area contributed by atoms with E-state index in [-0.39, 0.29) is 11.1 Å². The third-order valence-corrected chi connectivity index (χ3v) is 2.68. The molecule has 0 radical (unpaired) electrons. The van der Waals surface area contributed by atoms with E-state index >= 15 is 0 Å². The van der Waals surface area contributed by atoms with Crippen molar-refractivity contribution in [1.82, 2.24) is 0 Å². The Labute approximate surface area is 108 Å². The van der Waals surface area contributed by atoms with Crippen molar-refractivity contribution in [3.05, 3.63) is 71.0 Å². The van der Waals surface area contributed by atoms with Gasteiger partial charge >= 0.3 is 0 Å². The van der Waals surface area contributed by atoms with Crippen LogP contribution in [0.4, 0.5) is 4.39 Å². The Hall–Kier alpha value is -2.00. The molecule has 0 fully saturated rings. The zero-order chi connectivity index (χ0) is 13.1. The number of rotatable bonds is 3. The van der Waals surface area contributed by atoms with Gasteiger partial charge < -0.3 is 0 Å². The van der Waals surface area contributed by atoms with Gasteiger partial charge in [-0.05, 0) is 29.8 Å². The van der Waals surface area contributed by atoms with Crippen LogP contribution >= 0.6 is 11.6 Å². The molecular weight excluding hydrogens is 255 g/mol. The first-order chi connectivity index (χ1) is 8.59. The zero-order valence-electron chi connectivity index (χ0n) is 9.19. The van der Waals surface area contributed by atoms with Crippen molar-refractivity contribution >= 4 is 22.6 Å². The fraction of sp³-hybridized carbons (Fsp3) is 0. The van der Waals surface area contributed by atoms with Gasteiger partial charge in [-0.1, -0.05) is 30.3 Å². The molecular formula is C14H8ClFO2. The molecule has 2 nitrogen and oxygen atoms in total. The van der Waals surface area contributed by atoms with Crippen LogP contribution in [-0.2, 0) is 0 Å². The molecule has 0 atom stereocenters. The molecule has 0 aliphatic carbocycles. The van der Waals surface area contributed by atoms with Gasteiger partial charge in [0.05, 0.1) is 0 Å². The summed E-state index contributed by atoms with van der Waals surface area (Å²) in [6.07, 6.45) is 0. The summed E-state index contributed by atoms with van der Waals surface area (Å²) in [5, 5.41) is -0.783. The van der Waals surface area contributed by atoms with E-state index in [9.17, 15) is 14.0 Å². The second-order valence-corrected chi connectivity index (χ2v) is 4.00. The van der Waals surface area contributed by atoms with Crippen LogP contribution in [0.15, 0.2) is 48.5 Å². The maximum atomic E-state index is 13.2. The summed E-state index contributed by atoms with van der Waals surface area (Å²) in [7, 11) is 0. The van der Waals surface area contributed by atoms with Crippen molar-refractivity contribution in [1.29, 1.82) is 0 Å². The Balaban J connectivity index is 2.54. The topological polar surface area (TPSA) is 34.1 Å². The lowest BCUT2D eigenvalue weighted by Crippen LogP contribution is -2.07. The van der Waals surface area contributed by atoms with Gasteiger partial charge in [-0.2, -0.15) is 0 Å². The third-order valence-electron chi connectivity index (χ3n) is 2.47. The average molecular weight is 263 g/mol. The Bertz CT molecular complexity index is 608. The van der Waals surface area contributed by atoms with E-state index in [1.165, 1.54) is 6.07 Å². The molecule has 0 amide bonds. The summed E-state index contributed by atoms with van der Waals surface area (Å²) in [6, 6.07) is 11.6. The van der Waals surface area contributed by atoms with Crippen molar-refractivity contribution in [2.45, 2.75) is 0 Å². The van der Waals surface area contributed by atoms with Crippen LogP contribution in [0.5, 0.6) is 0 Å². The first-order valence-electron chi connectivity index (χ1n) is 5.18.